The van der Waals surface area contributed by atoms with E-state index in [0.717, 1.165) is 5.56 Å². The van der Waals surface area contributed by atoms with Gasteiger partial charge in [0.25, 0.3) is 5.91 Å². The number of phenolic OH excluding ortho intramolecular Hbond substituents is 1. The van der Waals surface area contributed by atoms with Crippen molar-refractivity contribution in [1.29, 1.82) is 0 Å². The zero-order valence-electron chi connectivity index (χ0n) is 9.88. The number of aromatic hydroxyl groups is 1. The van der Waals surface area contributed by atoms with Crippen LogP contribution in [0.1, 0.15) is 15.9 Å². The molecule has 4 nitrogen and oxygen atoms in total. The Bertz CT molecular complexity index is 609. The second-order valence-corrected chi connectivity index (χ2v) is 4.18. The number of carbonyl (C=O) groups excluding carboxylic acids is 1. The summed E-state index contributed by atoms with van der Waals surface area (Å²) in [5.41, 5.74) is 3.52. The van der Waals surface area contributed by atoms with Gasteiger partial charge >= 0.3 is 0 Å². The smallest absolute Gasteiger partial charge is 0.272 e. The van der Waals surface area contributed by atoms with Crippen molar-refractivity contribution in [3.63, 3.8) is 0 Å². The molecule has 0 aliphatic rings. The number of rotatable bonds is 3. The van der Waals surface area contributed by atoms with Crippen molar-refractivity contribution in [1.82, 2.24) is 5.43 Å². The minimum atomic E-state index is -0.374. The Kier molecular flexibility index (Phi) is 4.15. The van der Waals surface area contributed by atoms with Crippen LogP contribution < -0.4 is 5.43 Å². The lowest BCUT2D eigenvalue weighted by Crippen LogP contribution is -2.17. The molecule has 0 bridgehead atoms. The summed E-state index contributed by atoms with van der Waals surface area (Å²) in [4.78, 5) is 11.8. The molecule has 1 amide bonds. The molecule has 0 unspecified atom stereocenters. The van der Waals surface area contributed by atoms with E-state index in [4.69, 9.17) is 16.7 Å². The summed E-state index contributed by atoms with van der Waals surface area (Å²) in [6.45, 7) is 0. The lowest BCUT2D eigenvalue weighted by atomic mass is 10.2. The number of halogens is 1. The van der Waals surface area contributed by atoms with Gasteiger partial charge in [0.15, 0.2) is 0 Å². The van der Waals surface area contributed by atoms with Gasteiger partial charge in [-0.25, -0.2) is 5.43 Å². The second-order valence-electron chi connectivity index (χ2n) is 3.77. The minimum Gasteiger partial charge on any atom is -0.508 e. The Morgan fingerprint density at radius 1 is 1.16 bits per heavy atom. The number of nitrogens with zero attached hydrogens (tertiary/aromatic N) is 1. The monoisotopic (exact) mass is 274 g/mol. The van der Waals surface area contributed by atoms with Crippen molar-refractivity contribution < 1.29 is 9.90 Å². The van der Waals surface area contributed by atoms with Crippen LogP contribution in [-0.4, -0.2) is 17.2 Å². The van der Waals surface area contributed by atoms with Crippen molar-refractivity contribution in [2.75, 3.05) is 0 Å². The number of phenols is 1. The van der Waals surface area contributed by atoms with E-state index < -0.39 is 0 Å². The second kappa shape index (κ2) is 6.02. The molecule has 2 rings (SSSR count). The number of hydrazone groups is 1. The maximum absolute atomic E-state index is 11.8. The normalized spacial score (nSPS) is 10.6. The summed E-state index contributed by atoms with van der Waals surface area (Å²) in [7, 11) is 0. The zero-order valence-corrected chi connectivity index (χ0v) is 10.6. The van der Waals surface area contributed by atoms with E-state index in [1.807, 2.05) is 0 Å². The van der Waals surface area contributed by atoms with Crippen LogP contribution >= 0.6 is 11.6 Å². The van der Waals surface area contributed by atoms with E-state index in [1.165, 1.54) is 18.3 Å². The van der Waals surface area contributed by atoms with Crippen molar-refractivity contribution >= 4 is 23.7 Å². The molecule has 0 aliphatic heterocycles. The Morgan fingerprint density at radius 2 is 1.84 bits per heavy atom. The molecule has 0 aliphatic carbocycles. The molecule has 2 N–H and O–H groups in total. The van der Waals surface area contributed by atoms with Gasteiger partial charge in [0.05, 0.1) is 16.8 Å². The lowest BCUT2D eigenvalue weighted by Gasteiger charge is -2.01. The fourth-order valence-corrected chi connectivity index (χ4v) is 1.65. The molecule has 0 heterocycles. The number of hydrogen-bond donors (Lipinski definition) is 2. The van der Waals surface area contributed by atoms with Gasteiger partial charge < -0.3 is 5.11 Å². The van der Waals surface area contributed by atoms with E-state index >= 15 is 0 Å². The third-order valence-electron chi connectivity index (χ3n) is 2.39. The maximum Gasteiger partial charge on any atom is 0.272 e. The molecule has 0 spiro atoms. The van der Waals surface area contributed by atoms with Crippen molar-refractivity contribution in [2.24, 2.45) is 5.10 Å². The Hall–Kier alpha value is -2.33. The summed E-state index contributed by atoms with van der Waals surface area (Å²) in [5, 5.41) is 13.3. The van der Waals surface area contributed by atoms with Crippen molar-refractivity contribution in [3.05, 3.63) is 64.7 Å². The number of hydrogen-bond acceptors (Lipinski definition) is 3. The average molecular weight is 275 g/mol. The number of amides is 1. The Balaban J connectivity index is 2.01. The summed E-state index contributed by atoms with van der Waals surface area (Å²) >= 11 is 5.89. The molecule has 0 saturated carbocycles. The predicted molar refractivity (Wildman–Crippen MR) is 74.6 cm³/mol. The minimum absolute atomic E-state index is 0.178. The zero-order chi connectivity index (χ0) is 13.7. The first kappa shape index (κ1) is 13.1. The molecular weight excluding hydrogens is 264 g/mol. The summed E-state index contributed by atoms with van der Waals surface area (Å²) in [6, 6.07) is 13.2. The molecule has 2 aromatic carbocycles. The molecule has 19 heavy (non-hydrogen) atoms. The lowest BCUT2D eigenvalue weighted by molar-refractivity contribution is 0.0955. The quantitative estimate of drug-likeness (QED) is 0.668. The van der Waals surface area contributed by atoms with E-state index in [1.54, 1.807) is 36.4 Å². The highest BCUT2D eigenvalue weighted by Crippen LogP contribution is 2.14. The van der Waals surface area contributed by atoms with Crippen molar-refractivity contribution in [3.8, 4) is 5.75 Å². The average Bonchev–Trinajstić information content (AvgIpc) is 2.41. The van der Waals surface area contributed by atoms with Crippen LogP contribution in [-0.2, 0) is 0 Å². The molecule has 0 atom stereocenters. The van der Waals surface area contributed by atoms with Gasteiger partial charge in [0.1, 0.15) is 5.75 Å². The molecule has 0 saturated heterocycles. The first-order chi connectivity index (χ1) is 9.16. The molecule has 5 heteroatoms. The van der Waals surface area contributed by atoms with Crippen LogP contribution in [0.3, 0.4) is 0 Å². The molecule has 2 aromatic rings. The standard InChI is InChI=1S/C14H11ClN2O2/c15-13-4-2-1-3-12(13)14(19)17-16-9-10-5-7-11(18)8-6-10/h1-9,18H,(H,17,19). The SMILES string of the molecule is O=C(NN=Cc1ccc(O)cc1)c1ccccc1Cl. The van der Waals surface area contributed by atoms with Gasteiger partial charge in [-0.15, -0.1) is 0 Å². The summed E-state index contributed by atoms with van der Waals surface area (Å²) in [5.74, 6) is -0.196. The summed E-state index contributed by atoms with van der Waals surface area (Å²) in [6.07, 6.45) is 1.48. The van der Waals surface area contributed by atoms with Crippen LogP contribution in [0.25, 0.3) is 0 Å². The largest absolute Gasteiger partial charge is 0.508 e. The summed E-state index contributed by atoms with van der Waals surface area (Å²) < 4.78 is 0. The number of benzene rings is 2. The van der Waals surface area contributed by atoms with E-state index in [0.29, 0.717) is 10.6 Å². The number of nitrogens with one attached hydrogen (secondary N) is 1. The molecule has 0 fully saturated rings. The fourth-order valence-electron chi connectivity index (χ4n) is 1.43. The fraction of sp³-hybridized carbons (Fsp3) is 0. The third-order valence-corrected chi connectivity index (χ3v) is 2.72. The Labute approximate surface area is 115 Å². The van der Waals surface area contributed by atoms with Crippen LogP contribution in [0.2, 0.25) is 5.02 Å². The van der Waals surface area contributed by atoms with Crippen LogP contribution in [0.4, 0.5) is 0 Å². The molecule has 0 radical (unpaired) electrons. The van der Waals surface area contributed by atoms with Crippen LogP contribution in [0.5, 0.6) is 5.75 Å². The van der Waals surface area contributed by atoms with Gasteiger partial charge in [0, 0.05) is 0 Å². The van der Waals surface area contributed by atoms with Gasteiger partial charge in [-0.3, -0.25) is 4.79 Å². The molecular formula is C14H11ClN2O2. The van der Waals surface area contributed by atoms with Gasteiger partial charge in [0.2, 0.25) is 0 Å². The molecule has 96 valence electrons. The van der Waals surface area contributed by atoms with E-state index in [9.17, 15) is 4.79 Å². The van der Waals surface area contributed by atoms with Crippen LogP contribution in [0, 0.1) is 0 Å². The predicted octanol–water partition coefficient (Wildman–Crippen LogP) is 2.81. The highest BCUT2D eigenvalue weighted by molar-refractivity contribution is 6.33. The van der Waals surface area contributed by atoms with E-state index in [2.05, 4.69) is 10.5 Å². The van der Waals surface area contributed by atoms with E-state index in [-0.39, 0.29) is 11.7 Å². The highest BCUT2D eigenvalue weighted by atomic mass is 35.5. The van der Waals surface area contributed by atoms with Gasteiger partial charge in [-0.05, 0) is 42.0 Å². The topological polar surface area (TPSA) is 61.7 Å². The number of carbonyl (C=O) groups is 1. The third kappa shape index (κ3) is 3.56. The highest BCUT2D eigenvalue weighted by Gasteiger charge is 2.07. The maximum atomic E-state index is 11.8. The molecule has 0 aromatic heterocycles. The van der Waals surface area contributed by atoms with Gasteiger partial charge in [-0.2, -0.15) is 5.10 Å². The first-order valence-electron chi connectivity index (χ1n) is 5.54. The van der Waals surface area contributed by atoms with Crippen molar-refractivity contribution in [2.45, 2.75) is 0 Å². The van der Waals surface area contributed by atoms with Gasteiger partial charge in [-0.1, -0.05) is 23.7 Å². The Morgan fingerprint density at radius 3 is 2.53 bits per heavy atom. The first-order valence-corrected chi connectivity index (χ1v) is 5.91. The van der Waals surface area contributed by atoms with Crippen LogP contribution in [0.15, 0.2) is 53.6 Å².